The Kier molecular flexibility index (Phi) is 5.12. The number of nitrogens with zero attached hydrogens (tertiary/aromatic N) is 1. The lowest BCUT2D eigenvalue weighted by molar-refractivity contribution is -0.137. The van der Waals surface area contributed by atoms with E-state index in [0.29, 0.717) is 12.6 Å². The highest BCUT2D eigenvalue weighted by atomic mass is 35.5. The van der Waals surface area contributed by atoms with Crippen LogP contribution in [0.25, 0.3) is 0 Å². The number of carbonyl (C=O) groups excluding carboxylic acids is 1. The Labute approximate surface area is 131 Å². The van der Waals surface area contributed by atoms with Gasteiger partial charge >= 0.3 is 0 Å². The molecule has 0 unspecified atom stereocenters. The highest BCUT2D eigenvalue weighted by Crippen LogP contribution is 2.26. The fourth-order valence-electron chi connectivity index (χ4n) is 3.35. The first-order chi connectivity index (χ1) is 9.63. The molecule has 2 heterocycles. The van der Waals surface area contributed by atoms with Crippen LogP contribution in [0, 0.1) is 5.92 Å². The molecule has 3 rings (SSSR count). The maximum absolute atomic E-state index is 12.6. The smallest absolute Gasteiger partial charge is 0.226 e. The first-order valence-corrected chi connectivity index (χ1v) is 7.46. The molecule has 1 aromatic carbocycles. The van der Waals surface area contributed by atoms with Gasteiger partial charge in [0.15, 0.2) is 0 Å². The lowest BCUT2D eigenvalue weighted by atomic mass is 9.90. The van der Waals surface area contributed by atoms with Crippen molar-refractivity contribution in [1.82, 2.24) is 10.2 Å². The molecule has 4 nitrogen and oxygen atoms in total. The van der Waals surface area contributed by atoms with Crippen molar-refractivity contribution in [2.75, 3.05) is 13.1 Å². The van der Waals surface area contributed by atoms with Gasteiger partial charge in [0, 0.05) is 25.0 Å². The Morgan fingerprint density at radius 3 is 2.95 bits per heavy atom. The number of nitrogens with one attached hydrogen (secondary N) is 1. The van der Waals surface area contributed by atoms with Crippen molar-refractivity contribution in [1.29, 1.82) is 0 Å². The zero-order valence-corrected chi connectivity index (χ0v) is 13.2. The number of amides is 1. The summed E-state index contributed by atoms with van der Waals surface area (Å²) in [7, 11) is 0. The van der Waals surface area contributed by atoms with Crippen LogP contribution in [-0.2, 0) is 17.8 Å². The summed E-state index contributed by atoms with van der Waals surface area (Å²) < 4.78 is 0. The third kappa shape index (κ3) is 3.50. The van der Waals surface area contributed by atoms with Gasteiger partial charge in [-0.2, -0.15) is 0 Å². The zero-order chi connectivity index (χ0) is 14.1. The van der Waals surface area contributed by atoms with Crippen molar-refractivity contribution in [3.05, 3.63) is 29.3 Å². The minimum absolute atomic E-state index is 0. The van der Waals surface area contributed by atoms with Gasteiger partial charge in [-0.1, -0.05) is 6.07 Å². The normalized spacial score (nSPS) is 24.9. The summed E-state index contributed by atoms with van der Waals surface area (Å²) in [6, 6.07) is 5.92. The average molecular weight is 311 g/mol. The number of phenolic OH excluding ortho intramolecular Hbond substituents is 1. The molecule has 1 saturated heterocycles. The van der Waals surface area contributed by atoms with Gasteiger partial charge in [0.2, 0.25) is 5.91 Å². The van der Waals surface area contributed by atoms with Crippen molar-refractivity contribution >= 4 is 18.3 Å². The number of rotatable bonds is 1. The summed E-state index contributed by atoms with van der Waals surface area (Å²) in [5.74, 6) is 0.728. The van der Waals surface area contributed by atoms with Crippen LogP contribution >= 0.6 is 12.4 Å². The molecular weight excluding hydrogens is 288 g/mol. The quantitative estimate of drug-likeness (QED) is 0.835. The second-order valence-corrected chi connectivity index (χ2v) is 6.04. The largest absolute Gasteiger partial charge is 0.508 e. The molecule has 2 atom stereocenters. The van der Waals surface area contributed by atoms with Crippen LogP contribution in [0.3, 0.4) is 0 Å². The lowest BCUT2D eigenvalue weighted by Crippen LogP contribution is -2.45. The van der Waals surface area contributed by atoms with E-state index in [0.717, 1.165) is 37.9 Å². The van der Waals surface area contributed by atoms with Crippen molar-refractivity contribution in [3.63, 3.8) is 0 Å². The Bertz CT molecular complexity index is 521. The molecule has 2 aliphatic rings. The molecule has 0 radical (unpaired) electrons. The number of hydrogen-bond donors (Lipinski definition) is 2. The van der Waals surface area contributed by atoms with E-state index in [2.05, 4.69) is 12.2 Å². The summed E-state index contributed by atoms with van der Waals surface area (Å²) in [6.07, 6.45) is 2.76. The van der Waals surface area contributed by atoms with Crippen molar-refractivity contribution in [2.45, 2.75) is 38.8 Å². The molecule has 0 bridgehead atoms. The van der Waals surface area contributed by atoms with Crippen LogP contribution in [0.4, 0.5) is 0 Å². The maximum Gasteiger partial charge on any atom is 0.226 e. The van der Waals surface area contributed by atoms with Crippen molar-refractivity contribution in [2.24, 2.45) is 5.92 Å². The number of aromatic hydroxyl groups is 1. The first kappa shape index (κ1) is 16.1. The molecule has 0 spiro atoms. The highest BCUT2D eigenvalue weighted by Gasteiger charge is 2.30. The van der Waals surface area contributed by atoms with Crippen LogP contribution in [-0.4, -0.2) is 35.0 Å². The van der Waals surface area contributed by atoms with E-state index < -0.39 is 0 Å². The summed E-state index contributed by atoms with van der Waals surface area (Å²) >= 11 is 0. The molecule has 2 aliphatic heterocycles. The number of fused-ring (bicyclic) bond motifs is 1. The van der Waals surface area contributed by atoms with E-state index in [4.69, 9.17) is 0 Å². The average Bonchev–Trinajstić information content (AvgIpc) is 2.45. The van der Waals surface area contributed by atoms with E-state index in [1.165, 1.54) is 5.56 Å². The predicted octanol–water partition coefficient (Wildman–Crippen LogP) is 2.09. The van der Waals surface area contributed by atoms with E-state index in [-0.39, 0.29) is 30.0 Å². The minimum Gasteiger partial charge on any atom is -0.508 e. The van der Waals surface area contributed by atoms with Gasteiger partial charge in [-0.05, 0) is 56.0 Å². The van der Waals surface area contributed by atoms with E-state index in [9.17, 15) is 9.90 Å². The topological polar surface area (TPSA) is 52.6 Å². The van der Waals surface area contributed by atoms with Gasteiger partial charge in [-0.25, -0.2) is 0 Å². The monoisotopic (exact) mass is 310 g/mol. The van der Waals surface area contributed by atoms with Crippen LogP contribution in [0.5, 0.6) is 5.75 Å². The SMILES string of the molecule is C[C@H]1C[C@@H](C(=O)N2CCc3ccc(O)cc3C2)CCN1.Cl. The molecular formula is C16H23ClN2O2. The van der Waals surface area contributed by atoms with Crippen LogP contribution in [0.1, 0.15) is 30.9 Å². The molecule has 21 heavy (non-hydrogen) atoms. The van der Waals surface area contributed by atoms with E-state index in [1.807, 2.05) is 11.0 Å². The van der Waals surface area contributed by atoms with Crippen molar-refractivity contribution in [3.8, 4) is 5.75 Å². The second-order valence-electron chi connectivity index (χ2n) is 6.04. The van der Waals surface area contributed by atoms with Gasteiger partial charge in [0.25, 0.3) is 0 Å². The molecule has 0 saturated carbocycles. The van der Waals surface area contributed by atoms with Crippen LogP contribution < -0.4 is 5.32 Å². The Morgan fingerprint density at radius 2 is 2.19 bits per heavy atom. The lowest BCUT2D eigenvalue weighted by Gasteiger charge is -2.34. The fraction of sp³-hybridized carbons (Fsp3) is 0.562. The van der Waals surface area contributed by atoms with Gasteiger partial charge in [-0.3, -0.25) is 4.79 Å². The Morgan fingerprint density at radius 1 is 1.38 bits per heavy atom. The Hall–Kier alpha value is -1.26. The number of piperidine rings is 1. The zero-order valence-electron chi connectivity index (χ0n) is 12.3. The minimum atomic E-state index is 0. The summed E-state index contributed by atoms with van der Waals surface area (Å²) in [4.78, 5) is 14.6. The molecule has 0 aliphatic carbocycles. The van der Waals surface area contributed by atoms with Crippen molar-refractivity contribution < 1.29 is 9.90 Å². The second kappa shape index (κ2) is 6.67. The van der Waals surface area contributed by atoms with Gasteiger partial charge in [-0.15, -0.1) is 12.4 Å². The fourth-order valence-corrected chi connectivity index (χ4v) is 3.35. The predicted molar refractivity (Wildman–Crippen MR) is 84.7 cm³/mol. The number of benzene rings is 1. The molecule has 2 N–H and O–H groups in total. The van der Waals surface area contributed by atoms with E-state index >= 15 is 0 Å². The Balaban J connectivity index is 0.00000161. The first-order valence-electron chi connectivity index (χ1n) is 7.46. The van der Waals surface area contributed by atoms with Crippen LogP contribution in [0.15, 0.2) is 18.2 Å². The number of halogens is 1. The molecule has 1 aromatic rings. The van der Waals surface area contributed by atoms with Gasteiger partial charge in [0.05, 0.1) is 0 Å². The van der Waals surface area contributed by atoms with Gasteiger partial charge < -0.3 is 15.3 Å². The molecule has 1 amide bonds. The number of carbonyl (C=O) groups is 1. The summed E-state index contributed by atoms with van der Waals surface area (Å²) in [5, 5.41) is 13.0. The van der Waals surface area contributed by atoms with Gasteiger partial charge in [0.1, 0.15) is 5.75 Å². The van der Waals surface area contributed by atoms with E-state index in [1.54, 1.807) is 12.1 Å². The molecule has 0 aromatic heterocycles. The van der Waals surface area contributed by atoms with Crippen LogP contribution in [0.2, 0.25) is 0 Å². The third-order valence-electron chi connectivity index (χ3n) is 4.49. The number of hydrogen-bond acceptors (Lipinski definition) is 3. The molecule has 5 heteroatoms. The number of phenols is 1. The highest BCUT2D eigenvalue weighted by molar-refractivity contribution is 5.85. The maximum atomic E-state index is 12.6. The summed E-state index contributed by atoms with van der Waals surface area (Å²) in [5.41, 5.74) is 2.34. The standard InChI is InChI=1S/C16H22N2O2.ClH/c1-11-8-13(4-6-17-11)16(20)18-7-5-12-2-3-15(19)9-14(12)10-18;/h2-3,9,11,13,17,19H,4-8,10H2,1H3;1H/t11-,13-;/m0./s1. The molecule has 116 valence electrons. The molecule has 1 fully saturated rings. The third-order valence-corrected chi connectivity index (χ3v) is 4.49. The summed E-state index contributed by atoms with van der Waals surface area (Å²) in [6.45, 7) is 4.52.